The van der Waals surface area contributed by atoms with Crippen molar-refractivity contribution < 1.29 is 14.2 Å². The van der Waals surface area contributed by atoms with Gasteiger partial charge in [-0.05, 0) is 26.3 Å². The molecule has 158 valence electrons. The van der Waals surface area contributed by atoms with Crippen molar-refractivity contribution in [3.05, 3.63) is 22.1 Å². The third-order valence-electron chi connectivity index (χ3n) is 5.30. The van der Waals surface area contributed by atoms with Crippen LogP contribution in [0.1, 0.15) is 35.9 Å². The number of rotatable bonds is 8. The van der Waals surface area contributed by atoms with E-state index in [-0.39, 0.29) is 5.60 Å². The summed E-state index contributed by atoms with van der Waals surface area (Å²) in [6.07, 6.45) is 0.860. The summed E-state index contributed by atoms with van der Waals surface area (Å²) in [4.78, 5) is 14.3. The zero-order valence-corrected chi connectivity index (χ0v) is 18.6. The summed E-state index contributed by atoms with van der Waals surface area (Å²) >= 11 is 1.71. The third-order valence-corrected chi connectivity index (χ3v) is 6.40. The second-order valence-electron chi connectivity index (χ2n) is 8.09. The quantitative estimate of drug-likeness (QED) is 0.556. The van der Waals surface area contributed by atoms with Gasteiger partial charge in [-0.3, -0.25) is 4.90 Å². The zero-order chi connectivity index (χ0) is 20.6. The van der Waals surface area contributed by atoms with Gasteiger partial charge in [-0.1, -0.05) is 0 Å². The topological polar surface area (TPSA) is 74.0 Å². The van der Waals surface area contributed by atoms with Crippen molar-refractivity contribution in [3.8, 4) is 0 Å². The summed E-state index contributed by atoms with van der Waals surface area (Å²) in [6, 6.07) is 0. The summed E-state index contributed by atoms with van der Waals surface area (Å²) in [5.74, 6) is 1.64. The molecule has 0 spiro atoms. The Bertz CT molecular complexity index is 1000. The highest BCUT2D eigenvalue weighted by Gasteiger charge is 2.31. The van der Waals surface area contributed by atoms with E-state index in [2.05, 4.69) is 18.7 Å². The molecule has 0 saturated heterocycles. The van der Waals surface area contributed by atoms with E-state index in [9.17, 15) is 0 Å². The van der Waals surface area contributed by atoms with Crippen LogP contribution in [0.5, 0.6) is 0 Å². The Morgan fingerprint density at radius 2 is 1.90 bits per heavy atom. The van der Waals surface area contributed by atoms with Gasteiger partial charge in [0.15, 0.2) is 11.5 Å². The van der Waals surface area contributed by atoms with Crippen LogP contribution in [-0.2, 0) is 33.8 Å². The van der Waals surface area contributed by atoms with Crippen LogP contribution in [0.2, 0.25) is 0 Å². The van der Waals surface area contributed by atoms with Crippen molar-refractivity contribution in [2.24, 2.45) is 0 Å². The first kappa shape index (κ1) is 20.6. The fourth-order valence-electron chi connectivity index (χ4n) is 3.76. The van der Waals surface area contributed by atoms with Crippen LogP contribution in [0, 0.1) is 6.92 Å². The number of fused-ring (bicyclic) bond motifs is 5. The molecule has 0 radical (unpaired) electrons. The first-order valence-corrected chi connectivity index (χ1v) is 10.7. The van der Waals surface area contributed by atoms with Crippen molar-refractivity contribution in [2.45, 2.75) is 45.9 Å². The molecule has 4 rings (SSSR count). The largest absolute Gasteiger partial charge is 0.383 e. The minimum absolute atomic E-state index is 0.178. The van der Waals surface area contributed by atoms with Crippen LogP contribution in [0.4, 0.5) is 0 Å². The molecule has 0 unspecified atom stereocenters. The molecular formula is C20H29N5O3S. The lowest BCUT2D eigenvalue weighted by Crippen LogP contribution is -2.31. The van der Waals surface area contributed by atoms with Crippen molar-refractivity contribution in [3.63, 3.8) is 0 Å². The minimum Gasteiger partial charge on any atom is -0.383 e. The Morgan fingerprint density at radius 1 is 1.17 bits per heavy atom. The first-order valence-electron chi connectivity index (χ1n) is 9.92. The average Bonchev–Trinajstić information content (AvgIpc) is 3.24. The standard InChI is InChI=1S/C20H29N5O3S/c1-13-21-19-17(14-10-20(2,3)28-12-15(14)29-19)18-22-16(23-25(13)18)11-24(6-8-26-4)7-9-27-5/h6-12H2,1-5H3. The molecule has 3 aromatic rings. The molecule has 0 aromatic carbocycles. The maximum absolute atomic E-state index is 6.01. The highest BCUT2D eigenvalue weighted by atomic mass is 32.1. The SMILES string of the molecule is COCCN(CCOC)Cc1nc2c3c4c(sc3nc(C)n2n1)COC(C)(C)C4. The predicted octanol–water partition coefficient (Wildman–Crippen LogP) is 2.59. The molecule has 0 N–H and O–H groups in total. The van der Waals surface area contributed by atoms with E-state index >= 15 is 0 Å². The van der Waals surface area contributed by atoms with Gasteiger partial charge in [-0.15, -0.1) is 16.4 Å². The van der Waals surface area contributed by atoms with E-state index in [1.807, 2.05) is 11.4 Å². The Kier molecular flexibility index (Phi) is 5.85. The van der Waals surface area contributed by atoms with Gasteiger partial charge in [0.1, 0.15) is 10.7 Å². The van der Waals surface area contributed by atoms with Crippen LogP contribution >= 0.6 is 11.3 Å². The molecule has 0 aliphatic carbocycles. The molecule has 0 fully saturated rings. The fraction of sp³-hybridized carbons (Fsp3) is 0.650. The van der Waals surface area contributed by atoms with Gasteiger partial charge in [0, 0.05) is 38.6 Å². The second kappa shape index (κ2) is 8.23. The van der Waals surface area contributed by atoms with Gasteiger partial charge in [0.25, 0.3) is 0 Å². The van der Waals surface area contributed by atoms with Crippen molar-refractivity contribution >= 4 is 27.2 Å². The summed E-state index contributed by atoms with van der Waals surface area (Å²) in [7, 11) is 3.43. The third kappa shape index (κ3) is 4.15. The summed E-state index contributed by atoms with van der Waals surface area (Å²) < 4.78 is 18.4. The van der Waals surface area contributed by atoms with Gasteiger partial charge in [-0.25, -0.2) is 9.97 Å². The lowest BCUT2D eigenvalue weighted by Gasteiger charge is -2.30. The lowest BCUT2D eigenvalue weighted by atomic mass is 9.94. The number of ether oxygens (including phenoxy) is 3. The molecule has 8 nitrogen and oxygen atoms in total. The number of aryl methyl sites for hydroxylation is 1. The summed E-state index contributed by atoms with van der Waals surface area (Å²) in [6.45, 7) is 10.5. The molecule has 3 aromatic heterocycles. The van der Waals surface area contributed by atoms with E-state index in [1.165, 1.54) is 10.4 Å². The highest BCUT2D eigenvalue weighted by molar-refractivity contribution is 7.19. The van der Waals surface area contributed by atoms with Crippen LogP contribution in [0.15, 0.2) is 0 Å². The number of hydrogen-bond acceptors (Lipinski definition) is 8. The van der Waals surface area contributed by atoms with Crippen molar-refractivity contribution in [2.75, 3.05) is 40.5 Å². The molecule has 0 bridgehead atoms. The van der Waals surface area contributed by atoms with E-state index in [0.29, 0.717) is 26.4 Å². The van der Waals surface area contributed by atoms with E-state index in [1.54, 1.807) is 25.6 Å². The van der Waals surface area contributed by atoms with Gasteiger partial charge < -0.3 is 14.2 Å². The summed E-state index contributed by atoms with van der Waals surface area (Å²) in [5.41, 5.74) is 2.03. The van der Waals surface area contributed by atoms with E-state index < -0.39 is 0 Å². The second-order valence-corrected chi connectivity index (χ2v) is 9.18. The fourth-order valence-corrected chi connectivity index (χ4v) is 4.91. The number of methoxy groups -OCH3 is 2. The van der Waals surface area contributed by atoms with Crippen LogP contribution in [0.25, 0.3) is 15.9 Å². The zero-order valence-electron chi connectivity index (χ0n) is 17.8. The number of nitrogens with zero attached hydrogens (tertiary/aromatic N) is 5. The lowest BCUT2D eigenvalue weighted by molar-refractivity contribution is -0.0379. The van der Waals surface area contributed by atoms with Gasteiger partial charge in [0.2, 0.25) is 0 Å². The molecule has 9 heteroatoms. The molecule has 0 amide bonds. The Hall–Kier alpha value is -1.65. The van der Waals surface area contributed by atoms with Crippen molar-refractivity contribution in [1.82, 2.24) is 24.5 Å². The number of aromatic nitrogens is 4. The Morgan fingerprint density at radius 3 is 2.59 bits per heavy atom. The van der Waals surface area contributed by atoms with Crippen molar-refractivity contribution in [1.29, 1.82) is 0 Å². The van der Waals surface area contributed by atoms with Gasteiger partial charge in [0.05, 0.1) is 37.4 Å². The van der Waals surface area contributed by atoms with Gasteiger partial charge >= 0.3 is 0 Å². The summed E-state index contributed by atoms with van der Waals surface area (Å²) in [5, 5.41) is 5.91. The predicted molar refractivity (Wildman–Crippen MR) is 113 cm³/mol. The van der Waals surface area contributed by atoms with Gasteiger partial charge in [-0.2, -0.15) is 4.52 Å². The molecule has 1 aliphatic rings. The number of hydrogen-bond donors (Lipinski definition) is 0. The van der Waals surface area contributed by atoms with E-state index in [4.69, 9.17) is 29.3 Å². The molecule has 0 atom stereocenters. The molecule has 4 heterocycles. The molecule has 29 heavy (non-hydrogen) atoms. The first-order chi connectivity index (χ1) is 13.9. The van der Waals surface area contributed by atoms with E-state index in [0.717, 1.165) is 47.0 Å². The smallest absolute Gasteiger partial charge is 0.168 e. The minimum atomic E-state index is -0.178. The number of thiophene rings is 1. The Labute approximate surface area is 174 Å². The molecule has 1 aliphatic heterocycles. The maximum Gasteiger partial charge on any atom is 0.168 e. The highest BCUT2D eigenvalue weighted by Crippen LogP contribution is 2.39. The van der Waals surface area contributed by atoms with Crippen LogP contribution in [-0.4, -0.2) is 70.6 Å². The maximum atomic E-state index is 6.01. The van der Waals surface area contributed by atoms with Crippen LogP contribution < -0.4 is 0 Å². The average molecular weight is 420 g/mol. The normalized spacial score (nSPS) is 16.2. The molecule has 0 saturated carbocycles. The molecular weight excluding hydrogens is 390 g/mol. The van der Waals surface area contributed by atoms with Crippen LogP contribution in [0.3, 0.4) is 0 Å². The monoisotopic (exact) mass is 419 g/mol. The Balaban J connectivity index is 1.73.